The van der Waals surface area contributed by atoms with Crippen LogP contribution in [0.4, 0.5) is 4.79 Å². The molecule has 0 spiro atoms. The Hall–Kier alpha value is -2.04. The number of aldehydes is 1. The molecule has 0 saturated heterocycles. The molecule has 0 radical (unpaired) electrons. The van der Waals surface area contributed by atoms with Crippen molar-refractivity contribution < 1.29 is 23.8 Å². The Morgan fingerprint density at radius 3 is 2.60 bits per heavy atom. The van der Waals surface area contributed by atoms with Crippen LogP contribution in [-0.2, 0) is 4.74 Å². The normalized spacial score (nSPS) is 15.4. The molecule has 0 heterocycles. The van der Waals surface area contributed by atoms with Crippen molar-refractivity contribution in [2.45, 2.75) is 38.2 Å². The van der Waals surface area contributed by atoms with E-state index in [0.29, 0.717) is 17.6 Å². The molecule has 5 nitrogen and oxygen atoms in total. The summed E-state index contributed by atoms with van der Waals surface area (Å²) >= 11 is 0. The third-order valence-electron chi connectivity index (χ3n) is 3.33. The van der Waals surface area contributed by atoms with Crippen molar-refractivity contribution >= 4 is 12.4 Å². The molecule has 0 amide bonds. The lowest BCUT2D eigenvalue weighted by Gasteiger charge is -2.21. The number of carbonyl (C=O) groups excluding carboxylic acids is 2. The fraction of sp³-hybridized carbons (Fsp3) is 0.467. The first-order valence-corrected chi connectivity index (χ1v) is 6.74. The summed E-state index contributed by atoms with van der Waals surface area (Å²) in [5.41, 5.74) is 0.454. The van der Waals surface area contributed by atoms with E-state index in [0.717, 1.165) is 25.7 Å². The van der Waals surface area contributed by atoms with Crippen molar-refractivity contribution in [3.63, 3.8) is 0 Å². The zero-order valence-electron chi connectivity index (χ0n) is 11.5. The van der Waals surface area contributed by atoms with Gasteiger partial charge in [-0.3, -0.25) is 4.79 Å². The van der Waals surface area contributed by atoms with Crippen molar-refractivity contribution in [1.82, 2.24) is 0 Å². The van der Waals surface area contributed by atoms with Crippen LogP contribution in [-0.4, -0.2) is 25.7 Å². The molecule has 1 aromatic carbocycles. The fourth-order valence-corrected chi connectivity index (χ4v) is 2.27. The molecule has 2 rings (SSSR count). The van der Waals surface area contributed by atoms with Crippen LogP contribution in [0.15, 0.2) is 18.2 Å². The van der Waals surface area contributed by atoms with Gasteiger partial charge in [0.15, 0.2) is 11.5 Å². The Kier molecular flexibility index (Phi) is 4.98. The van der Waals surface area contributed by atoms with Crippen LogP contribution in [0.5, 0.6) is 11.5 Å². The summed E-state index contributed by atoms with van der Waals surface area (Å²) in [6, 6.07) is 4.58. The number of hydrogen-bond donors (Lipinski definition) is 0. The molecule has 1 aliphatic carbocycles. The Morgan fingerprint density at radius 2 is 1.95 bits per heavy atom. The maximum atomic E-state index is 11.7. The molecule has 20 heavy (non-hydrogen) atoms. The van der Waals surface area contributed by atoms with Crippen LogP contribution in [0.3, 0.4) is 0 Å². The molecule has 0 N–H and O–H groups in total. The van der Waals surface area contributed by atoms with Crippen molar-refractivity contribution in [3.05, 3.63) is 23.8 Å². The number of ether oxygens (including phenoxy) is 3. The second kappa shape index (κ2) is 6.93. The van der Waals surface area contributed by atoms with Gasteiger partial charge in [0.2, 0.25) is 0 Å². The van der Waals surface area contributed by atoms with Gasteiger partial charge in [-0.05, 0) is 43.9 Å². The van der Waals surface area contributed by atoms with Crippen LogP contribution >= 0.6 is 0 Å². The summed E-state index contributed by atoms with van der Waals surface area (Å²) in [4.78, 5) is 22.4. The molecule has 0 aliphatic heterocycles. The molecule has 1 saturated carbocycles. The molecule has 0 aromatic heterocycles. The van der Waals surface area contributed by atoms with E-state index in [-0.39, 0.29) is 11.9 Å². The van der Waals surface area contributed by atoms with Crippen molar-refractivity contribution in [2.75, 3.05) is 7.11 Å². The van der Waals surface area contributed by atoms with Gasteiger partial charge in [0.1, 0.15) is 12.4 Å². The first-order valence-electron chi connectivity index (χ1n) is 6.74. The van der Waals surface area contributed by atoms with Gasteiger partial charge in [0.05, 0.1) is 7.11 Å². The predicted molar refractivity (Wildman–Crippen MR) is 72.4 cm³/mol. The van der Waals surface area contributed by atoms with Crippen LogP contribution in [0, 0.1) is 0 Å². The lowest BCUT2D eigenvalue weighted by atomic mass is 9.98. The van der Waals surface area contributed by atoms with E-state index in [2.05, 4.69) is 0 Å². The molecule has 5 heteroatoms. The molecular weight excluding hydrogens is 260 g/mol. The highest BCUT2D eigenvalue weighted by atomic mass is 16.7. The number of benzene rings is 1. The van der Waals surface area contributed by atoms with E-state index < -0.39 is 6.16 Å². The molecule has 1 aliphatic rings. The predicted octanol–water partition coefficient (Wildman–Crippen LogP) is 3.36. The van der Waals surface area contributed by atoms with Gasteiger partial charge in [-0.15, -0.1) is 0 Å². The molecule has 1 fully saturated rings. The average Bonchev–Trinajstić information content (AvgIpc) is 2.48. The largest absolute Gasteiger partial charge is 0.514 e. The summed E-state index contributed by atoms with van der Waals surface area (Å²) in [7, 11) is 1.45. The van der Waals surface area contributed by atoms with Gasteiger partial charge in [-0.2, -0.15) is 0 Å². The van der Waals surface area contributed by atoms with Gasteiger partial charge in [0, 0.05) is 5.56 Å². The number of rotatable bonds is 4. The summed E-state index contributed by atoms with van der Waals surface area (Å²) < 4.78 is 15.5. The SMILES string of the molecule is COc1cc(C=O)ccc1OC(=O)OC1CCCCC1. The number of carbonyl (C=O) groups is 2. The highest BCUT2D eigenvalue weighted by molar-refractivity contribution is 5.77. The average molecular weight is 278 g/mol. The molecule has 0 bridgehead atoms. The van der Waals surface area contributed by atoms with E-state index in [1.165, 1.54) is 25.7 Å². The third kappa shape index (κ3) is 3.73. The van der Waals surface area contributed by atoms with Gasteiger partial charge < -0.3 is 14.2 Å². The molecule has 0 atom stereocenters. The van der Waals surface area contributed by atoms with Crippen LogP contribution in [0.1, 0.15) is 42.5 Å². The summed E-state index contributed by atoms with van der Waals surface area (Å²) in [6.45, 7) is 0. The second-order valence-electron chi connectivity index (χ2n) is 4.76. The maximum Gasteiger partial charge on any atom is 0.514 e. The molecule has 108 valence electrons. The van der Waals surface area contributed by atoms with Crippen LogP contribution in [0.25, 0.3) is 0 Å². The zero-order chi connectivity index (χ0) is 14.4. The van der Waals surface area contributed by atoms with Crippen molar-refractivity contribution in [3.8, 4) is 11.5 Å². The smallest absolute Gasteiger partial charge is 0.493 e. The summed E-state index contributed by atoms with van der Waals surface area (Å²) in [6.07, 6.45) is 5.03. The Bertz CT molecular complexity index is 477. The lowest BCUT2D eigenvalue weighted by molar-refractivity contribution is 0.0411. The van der Waals surface area contributed by atoms with E-state index in [1.807, 2.05) is 0 Å². The highest BCUT2D eigenvalue weighted by Crippen LogP contribution is 2.28. The van der Waals surface area contributed by atoms with Gasteiger partial charge in [-0.1, -0.05) is 6.42 Å². The van der Waals surface area contributed by atoms with Crippen LogP contribution in [0.2, 0.25) is 0 Å². The van der Waals surface area contributed by atoms with Gasteiger partial charge in [0.25, 0.3) is 0 Å². The second-order valence-corrected chi connectivity index (χ2v) is 4.76. The van der Waals surface area contributed by atoms with Crippen molar-refractivity contribution in [2.24, 2.45) is 0 Å². The summed E-state index contributed by atoms with van der Waals surface area (Å²) in [5.74, 6) is 0.578. The Labute approximate surface area is 117 Å². The van der Waals surface area contributed by atoms with Gasteiger partial charge >= 0.3 is 6.16 Å². The molecule has 0 unspecified atom stereocenters. The van der Waals surface area contributed by atoms with E-state index in [4.69, 9.17) is 14.2 Å². The monoisotopic (exact) mass is 278 g/mol. The fourth-order valence-electron chi connectivity index (χ4n) is 2.27. The standard InChI is InChI=1S/C15H18O5/c1-18-14-9-11(10-16)7-8-13(14)20-15(17)19-12-5-3-2-4-6-12/h7-10,12H,2-6H2,1H3. The lowest BCUT2D eigenvalue weighted by Crippen LogP contribution is -2.23. The Morgan fingerprint density at radius 1 is 1.20 bits per heavy atom. The van der Waals surface area contributed by atoms with E-state index >= 15 is 0 Å². The highest BCUT2D eigenvalue weighted by Gasteiger charge is 2.20. The topological polar surface area (TPSA) is 61.8 Å². The quantitative estimate of drug-likeness (QED) is 0.480. The number of hydrogen-bond acceptors (Lipinski definition) is 5. The summed E-state index contributed by atoms with van der Waals surface area (Å²) in [5, 5.41) is 0. The first-order chi connectivity index (χ1) is 9.72. The molecular formula is C15H18O5. The minimum Gasteiger partial charge on any atom is -0.493 e. The maximum absolute atomic E-state index is 11.7. The number of methoxy groups -OCH3 is 1. The van der Waals surface area contributed by atoms with E-state index in [9.17, 15) is 9.59 Å². The van der Waals surface area contributed by atoms with Crippen LogP contribution < -0.4 is 9.47 Å². The molecule has 1 aromatic rings. The third-order valence-corrected chi connectivity index (χ3v) is 3.33. The first kappa shape index (κ1) is 14.4. The zero-order valence-corrected chi connectivity index (χ0v) is 11.5. The van der Waals surface area contributed by atoms with E-state index in [1.54, 1.807) is 6.07 Å². The van der Waals surface area contributed by atoms with Gasteiger partial charge in [-0.25, -0.2) is 4.79 Å². The minimum atomic E-state index is -0.728. The Balaban J connectivity index is 1.97. The van der Waals surface area contributed by atoms with Crippen molar-refractivity contribution in [1.29, 1.82) is 0 Å². The minimum absolute atomic E-state index is 0.0588.